The summed E-state index contributed by atoms with van der Waals surface area (Å²) >= 11 is 0. The van der Waals surface area contributed by atoms with Gasteiger partial charge in [0.15, 0.2) is 5.79 Å². The molecule has 0 amide bonds. The first-order chi connectivity index (χ1) is 16.7. The lowest BCUT2D eigenvalue weighted by Gasteiger charge is -2.45. The van der Waals surface area contributed by atoms with Gasteiger partial charge in [0.1, 0.15) is 0 Å². The number of ether oxygens (including phenoxy) is 2. The second kappa shape index (κ2) is 8.82. The molecule has 5 heteroatoms. The molecule has 2 bridgehead atoms. The molecule has 0 heterocycles. The highest BCUT2D eigenvalue weighted by atomic mass is 28.4. The minimum Gasteiger partial charge on any atom is -0.404 e. The number of benzene rings is 2. The number of rotatable bonds is 7. The molecule has 2 aromatic carbocycles. The summed E-state index contributed by atoms with van der Waals surface area (Å²) in [5.74, 6) is -0.954. The average molecular weight is 491 g/mol. The number of fused-ring (bicyclic) bond motifs is 2. The molecule has 0 spiro atoms. The summed E-state index contributed by atoms with van der Waals surface area (Å²) in [6, 6.07) is 21.5. The van der Waals surface area contributed by atoms with Crippen molar-refractivity contribution in [3.05, 3.63) is 84.5 Å². The fourth-order valence-corrected chi connectivity index (χ4v) is 11.6. The van der Waals surface area contributed by atoms with Crippen molar-refractivity contribution in [2.75, 3.05) is 14.2 Å². The molecule has 2 aromatic rings. The van der Waals surface area contributed by atoms with Crippen molar-refractivity contribution in [2.24, 2.45) is 11.8 Å². The SMILES string of the molecule is COC1(OC)[C@H]2C=C[C@H]1C[C@]2(O)C1=CC[C@H](O[Si](c2ccccc2)(c2ccccc2)C(C)(C)C)C1. The Kier molecular flexibility index (Phi) is 6.22. The van der Waals surface area contributed by atoms with E-state index in [0.29, 0.717) is 6.42 Å². The van der Waals surface area contributed by atoms with Crippen LogP contribution in [-0.2, 0) is 13.9 Å². The van der Waals surface area contributed by atoms with Gasteiger partial charge in [0.2, 0.25) is 0 Å². The molecule has 35 heavy (non-hydrogen) atoms. The number of hydrogen-bond acceptors (Lipinski definition) is 4. The van der Waals surface area contributed by atoms with Gasteiger partial charge in [0.05, 0.1) is 17.6 Å². The van der Waals surface area contributed by atoms with Gasteiger partial charge in [-0.3, -0.25) is 0 Å². The summed E-state index contributed by atoms with van der Waals surface area (Å²) in [6.45, 7) is 6.92. The highest BCUT2D eigenvalue weighted by Crippen LogP contribution is 2.59. The van der Waals surface area contributed by atoms with E-state index in [4.69, 9.17) is 13.9 Å². The van der Waals surface area contributed by atoms with E-state index in [1.165, 1.54) is 10.4 Å². The highest BCUT2D eigenvalue weighted by Gasteiger charge is 2.66. The molecule has 1 N–H and O–H groups in total. The van der Waals surface area contributed by atoms with Crippen molar-refractivity contribution < 1.29 is 19.0 Å². The predicted molar refractivity (Wildman–Crippen MR) is 142 cm³/mol. The second-order valence-corrected chi connectivity index (χ2v) is 15.6. The lowest BCUT2D eigenvalue weighted by molar-refractivity contribution is -0.238. The molecular formula is C30H38O4Si. The quantitative estimate of drug-likeness (QED) is 0.351. The lowest BCUT2D eigenvalue weighted by Crippen LogP contribution is -2.67. The van der Waals surface area contributed by atoms with Crippen LogP contribution in [0.3, 0.4) is 0 Å². The third-order valence-corrected chi connectivity index (χ3v) is 13.7. The zero-order valence-corrected chi connectivity index (χ0v) is 22.5. The van der Waals surface area contributed by atoms with E-state index in [-0.39, 0.29) is 23.0 Å². The van der Waals surface area contributed by atoms with Crippen molar-refractivity contribution in [1.29, 1.82) is 0 Å². The Hall–Kier alpha value is -2.02. The molecule has 0 aliphatic heterocycles. The van der Waals surface area contributed by atoms with Crippen LogP contribution < -0.4 is 10.4 Å². The van der Waals surface area contributed by atoms with Gasteiger partial charge in [0.25, 0.3) is 8.32 Å². The molecule has 0 unspecified atom stereocenters. The Labute approximate surface area is 210 Å². The molecule has 5 rings (SSSR count). The summed E-state index contributed by atoms with van der Waals surface area (Å²) < 4.78 is 19.1. The Balaban J connectivity index is 1.47. The maximum Gasteiger partial charge on any atom is 0.261 e. The van der Waals surface area contributed by atoms with E-state index in [0.717, 1.165) is 18.4 Å². The minimum absolute atomic E-state index is 0.0166. The third-order valence-electron chi connectivity index (χ3n) is 8.56. The monoisotopic (exact) mass is 490 g/mol. The van der Waals surface area contributed by atoms with Crippen molar-refractivity contribution >= 4 is 18.7 Å². The first kappa shape index (κ1) is 24.7. The van der Waals surface area contributed by atoms with Crippen LogP contribution >= 0.6 is 0 Å². The maximum absolute atomic E-state index is 12.0. The smallest absolute Gasteiger partial charge is 0.261 e. The number of aliphatic hydroxyl groups is 1. The largest absolute Gasteiger partial charge is 0.404 e. The van der Waals surface area contributed by atoms with Gasteiger partial charge in [-0.25, -0.2) is 0 Å². The topological polar surface area (TPSA) is 47.9 Å². The normalized spacial score (nSPS) is 29.5. The van der Waals surface area contributed by atoms with Crippen LogP contribution in [0.5, 0.6) is 0 Å². The summed E-state index contributed by atoms with van der Waals surface area (Å²) in [6.07, 6.45) is 8.59. The van der Waals surface area contributed by atoms with Gasteiger partial charge in [-0.2, -0.15) is 0 Å². The van der Waals surface area contributed by atoms with E-state index < -0.39 is 19.7 Å². The number of hydrogen-bond donors (Lipinski definition) is 1. The molecule has 4 atom stereocenters. The molecule has 3 aliphatic carbocycles. The molecule has 0 aromatic heterocycles. The summed E-state index contributed by atoms with van der Waals surface area (Å²) in [5.41, 5.74) is 0.102. The van der Waals surface area contributed by atoms with E-state index in [1.54, 1.807) is 14.2 Å². The van der Waals surface area contributed by atoms with Crippen LogP contribution in [0.1, 0.15) is 40.0 Å². The molecule has 1 saturated carbocycles. The summed E-state index contributed by atoms with van der Waals surface area (Å²) in [7, 11) is 0.717. The molecule has 1 fully saturated rings. The molecule has 4 nitrogen and oxygen atoms in total. The van der Waals surface area contributed by atoms with Gasteiger partial charge in [-0.05, 0) is 40.2 Å². The van der Waals surface area contributed by atoms with Crippen molar-refractivity contribution in [3.8, 4) is 0 Å². The second-order valence-electron chi connectivity index (χ2n) is 11.3. The van der Waals surface area contributed by atoms with Crippen molar-refractivity contribution in [2.45, 2.75) is 62.6 Å². The molecule has 0 saturated heterocycles. The van der Waals surface area contributed by atoms with Crippen molar-refractivity contribution in [1.82, 2.24) is 0 Å². The van der Waals surface area contributed by atoms with Crippen LogP contribution in [0, 0.1) is 11.8 Å². The summed E-state index contributed by atoms with van der Waals surface area (Å²) in [5, 5.41) is 14.5. The number of methoxy groups -OCH3 is 2. The van der Waals surface area contributed by atoms with Gasteiger partial charge in [0, 0.05) is 20.1 Å². The minimum atomic E-state index is -2.64. The standard InChI is InChI=1S/C30H38O4Si/c1-28(2,3)35(25-12-8-6-9-13-25,26-14-10-7-11-15-26)34-24-18-16-22(20-24)29(31)21-23-17-19-27(29)30(23,32-4)33-5/h6-17,19,23-24,27,31H,18,20-21H2,1-5H3/t23-,24-,27-,29-/m0/s1. The van der Waals surface area contributed by atoms with Crippen LogP contribution in [0.2, 0.25) is 5.04 Å². The Morgan fingerprint density at radius 1 is 0.886 bits per heavy atom. The van der Waals surface area contributed by atoms with Crippen LogP contribution in [-0.4, -0.2) is 45.1 Å². The Bertz CT molecular complexity index is 1060. The average Bonchev–Trinajstić information content (AvgIpc) is 3.54. The van der Waals surface area contributed by atoms with E-state index in [9.17, 15) is 5.11 Å². The molecule has 0 radical (unpaired) electrons. The van der Waals surface area contributed by atoms with E-state index in [2.05, 4.69) is 99.7 Å². The Morgan fingerprint density at radius 2 is 1.46 bits per heavy atom. The van der Waals surface area contributed by atoms with Gasteiger partial charge in [-0.1, -0.05) is 99.7 Å². The first-order valence-corrected chi connectivity index (χ1v) is 14.6. The zero-order chi connectivity index (χ0) is 24.9. The van der Waals surface area contributed by atoms with Gasteiger partial charge in [-0.15, -0.1) is 0 Å². The third kappa shape index (κ3) is 3.63. The first-order valence-electron chi connectivity index (χ1n) is 12.7. The lowest BCUT2D eigenvalue weighted by atomic mass is 9.80. The van der Waals surface area contributed by atoms with E-state index in [1.807, 2.05) is 0 Å². The van der Waals surface area contributed by atoms with E-state index >= 15 is 0 Å². The molecular weight excluding hydrogens is 452 g/mol. The van der Waals surface area contributed by atoms with Gasteiger partial charge < -0.3 is 19.0 Å². The van der Waals surface area contributed by atoms with Crippen LogP contribution in [0.4, 0.5) is 0 Å². The maximum atomic E-state index is 12.0. The summed E-state index contributed by atoms with van der Waals surface area (Å²) in [4.78, 5) is 0. The van der Waals surface area contributed by atoms with Crippen LogP contribution in [0.25, 0.3) is 0 Å². The molecule has 186 valence electrons. The fourth-order valence-electron chi connectivity index (χ4n) is 6.95. The zero-order valence-electron chi connectivity index (χ0n) is 21.5. The predicted octanol–water partition coefficient (Wildman–Crippen LogP) is 4.58. The highest BCUT2D eigenvalue weighted by molar-refractivity contribution is 6.99. The van der Waals surface area contributed by atoms with Crippen molar-refractivity contribution in [3.63, 3.8) is 0 Å². The fraction of sp³-hybridized carbons (Fsp3) is 0.467. The van der Waals surface area contributed by atoms with Crippen LogP contribution in [0.15, 0.2) is 84.5 Å². The Morgan fingerprint density at radius 3 is 1.94 bits per heavy atom. The van der Waals surface area contributed by atoms with Gasteiger partial charge >= 0.3 is 0 Å². The molecule has 3 aliphatic rings.